The Labute approximate surface area is 374 Å². The van der Waals surface area contributed by atoms with Crippen molar-refractivity contribution in [2.24, 2.45) is 22.7 Å². The van der Waals surface area contributed by atoms with Crippen molar-refractivity contribution in [3.8, 4) is 33.6 Å². The number of aromatic amines is 2. The smallest absolute Gasteiger partial charge is 0.407 e. The zero-order valence-corrected chi connectivity index (χ0v) is 37.7. The number of nitrogens with one attached hydrogen (secondary N) is 5. The van der Waals surface area contributed by atoms with Gasteiger partial charge >= 0.3 is 12.2 Å². The van der Waals surface area contributed by atoms with Crippen LogP contribution in [-0.2, 0) is 28.5 Å². The lowest BCUT2D eigenvalue weighted by molar-refractivity contribution is -0.136. The molecule has 0 radical (unpaired) electrons. The number of carbonyl (C=O) groups is 4. The Morgan fingerprint density at radius 3 is 1.70 bits per heavy atom. The number of H-pyrrole nitrogens is 2. The van der Waals surface area contributed by atoms with Crippen molar-refractivity contribution in [3.63, 3.8) is 0 Å². The Kier molecular flexibility index (Phi) is 13.3. The largest absolute Gasteiger partial charge is 0.453 e. The van der Waals surface area contributed by atoms with Crippen LogP contribution in [0.5, 0.6) is 0 Å². The van der Waals surface area contributed by atoms with Gasteiger partial charge in [0.1, 0.15) is 17.7 Å². The van der Waals surface area contributed by atoms with E-state index in [0.29, 0.717) is 33.0 Å². The molecule has 5 N–H and O–H groups in total. The summed E-state index contributed by atoms with van der Waals surface area (Å²) < 4.78 is 21.1. The number of carbonyl (C=O) groups excluding carboxylic acids is 4. The van der Waals surface area contributed by atoms with E-state index >= 15 is 0 Å². The molecule has 5 atom stereocenters. The number of alkyl carbamates (subject to hydrolysis) is 2. The summed E-state index contributed by atoms with van der Waals surface area (Å²) in [6.07, 6.45) is 7.11. The van der Waals surface area contributed by atoms with Gasteiger partial charge in [-0.15, -0.1) is 0 Å². The lowest BCUT2D eigenvalue weighted by Gasteiger charge is -2.39. The van der Waals surface area contributed by atoms with E-state index < -0.39 is 30.3 Å². The molecule has 0 aliphatic carbocycles. The van der Waals surface area contributed by atoms with Crippen molar-refractivity contribution in [1.82, 2.24) is 40.8 Å². The summed E-state index contributed by atoms with van der Waals surface area (Å²) in [5, 5.41) is 9.16. The number of Topliss-reactive ketones (excluding diaryl/α,β-unsaturated/α-hetero) is 1. The number of benzene rings is 2. The SMILES string of the molecule is COC(=O)NC(C(=O)N1CC2(CCOCC2)C[C@H]1c1ncc(-c2ccc(-c3ccc(-c4cnc([C@@H]5CC6(CCOCC6)C(C(=O)[C@@H](NC(=O)OC)C(C)C)N5)[nH]4)cc3)cc2)[nH]1)C(C)C. The predicted molar refractivity (Wildman–Crippen MR) is 239 cm³/mol. The van der Waals surface area contributed by atoms with Crippen LogP contribution in [0, 0.1) is 22.7 Å². The van der Waals surface area contributed by atoms with Crippen LogP contribution in [0.2, 0.25) is 0 Å². The maximum absolute atomic E-state index is 14.2. The van der Waals surface area contributed by atoms with Crippen molar-refractivity contribution >= 4 is 23.9 Å². The Balaban J connectivity index is 0.951. The van der Waals surface area contributed by atoms with E-state index in [1.807, 2.05) is 45.0 Å². The van der Waals surface area contributed by atoms with Crippen molar-refractivity contribution < 1.29 is 38.1 Å². The first-order valence-corrected chi connectivity index (χ1v) is 22.6. The van der Waals surface area contributed by atoms with Gasteiger partial charge < -0.3 is 44.4 Å². The van der Waals surface area contributed by atoms with Crippen LogP contribution in [0.25, 0.3) is 33.6 Å². The minimum Gasteiger partial charge on any atom is -0.453 e. The molecule has 64 heavy (non-hydrogen) atoms. The minimum atomic E-state index is -0.730. The number of nitrogens with zero attached hydrogens (tertiary/aromatic N) is 3. The van der Waals surface area contributed by atoms with Gasteiger partial charge in [0.2, 0.25) is 5.91 Å². The normalized spacial score (nSPS) is 22.4. The Bertz CT molecular complexity index is 2280. The molecule has 2 aromatic heterocycles. The number of imidazole rings is 2. The number of ketones is 1. The minimum absolute atomic E-state index is 0.0468. The van der Waals surface area contributed by atoms with Gasteiger partial charge in [-0.05, 0) is 83.4 Å². The molecule has 3 amide bonds. The van der Waals surface area contributed by atoms with E-state index in [2.05, 4.69) is 74.4 Å². The number of hydrogen-bond donors (Lipinski definition) is 5. The number of amides is 3. The summed E-state index contributed by atoms with van der Waals surface area (Å²) in [4.78, 5) is 71.3. The Morgan fingerprint density at radius 2 is 1.17 bits per heavy atom. The number of aromatic nitrogens is 4. The van der Waals surface area contributed by atoms with Gasteiger partial charge in [0.25, 0.3) is 0 Å². The summed E-state index contributed by atoms with van der Waals surface area (Å²) in [5.74, 6) is 1.05. The number of rotatable bonds is 12. The highest BCUT2D eigenvalue weighted by Gasteiger charge is 2.54. The van der Waals surface area contributed by atoms with Crippen molar-refractivity contribution in [2.75, 3.05) is 47.2 Å². The maximum atomic E-state index is 14.2. The molecule has 16 heteroatoms. The summed E-state index contributed by atoms with van der Waals surface area (Å²) in [6.45, 7) is 10.7. The summed E-state index contributed by atoms with van der Waals surface area (Å²) in [7, 11) is 2.60. The van der Waals surface area contributed by atoms with Crippen LogP contribution >= 0.6 is 0 Å². The fourth-order valence-corrected chi connectivity index (χ4v) is 10.3. The molecule has 0 saturated carbocycles. The summed E-state index contributed by atoms with van der Waals surface area (Å²) in [6, 6.07) is 14.3. The average Bonchev–Trinajstić information content (AvgIpc) is 4.14. The molecule has 2 unspecified atom stereocenters. The third-order valence-corrected chi connectivity index (χ3v) is 14.1. The second kappa shape index (κ2) is 18.9. The zero-order chi connectivity index (χ0) is 45.2. The predicted octanol–water partition coefficient (Wildman–Crippen LogP) is 6.73. The summed E-state index contributed by atoms with van der Waals surface area (Å²) in [5.41, 5.74) is 5.41. The average molecular weight is 879 g/mol. The number of ether oxygens (including phenoxy) is 4. The molecule has 4 aromatic rings. The van der Waals surface area contributed by atoms with Gasteiger partial charge in [-0.25, -0.2) is 19.6 Å². The van der Waals surface area contributed by atoms with Gasteiger partial charge in [0, 0.05) is 33.0 Å². The number of likely N-dealkylation sites (tertiary alicyclic amines) is 1. The third-order valence-electron chi connectivity index (χ3n) is 14.1. The Morgan fingerprint density at radius 1 is 0.688 bits per heavy atom. The third kappa shape index (κ3) is 9.18. The molecule has 4 saturated heterocycles. The number of methoxy groups -OCH3 is 2. The lowest BCUT2D eigenvalue weighted by Crippen LogP contribution is -2.56. The fraction of sp³-hybridized carbons (Fsp3) is 0.542. The second-order valence-corrected chi connectivity index (χ2v) is 18.8. The molecule has 6 heterocycles. The van der Waals surface area contributed by atoms with E-state index in [4.69, 9.17) is 28.9 Å². The standard InChI is InChI=1S/C48H62N8O8/c1-28(2)38(54-45(59)61-5)40(57)41-48(17-21-64-22-18-48)23-34(51-41)42-49-25-35(52-42)32-11-7-30(8-12-32)31-9-13-33(14-10-31)36-26-50-43(53-36)37-24-47(15-19-63-20-16-47)27-56(37)44(58)39(29(3)4)55-46(60)62-6/h7-14,25-26,28-29,34,37-39,41,51H,15-24,27H2,1-6H3,(H,49,52)(H,50,53)(H,54,59)(H,55,60)/t34-,37-,38-,39?,41?/m0/s1. The van der Waals surface area contributed by atoms with Gasteiger partial charge in [0.15, 0.2) is 5.78 Å². The fourth-order valence-electron chi connectivity index (χ4n) is 10.3. The van der Waals surface area contributed by atoms with Crippen LogP contribution in [0.3, 0.4) is 0 Å². The number of hydrogen-bond acceptors (Lipinski definition) is 11. The first kappa shape index (κ1) is 45.0. The van der Waals surface area contributed by atoms with E-state index in [-0.39, 0.29) is 46.4 Å². The molecule has 342 valence electrons. The second-order valence-electron chi connectivity index (χ2n) is 18.8. The quantitative estimate of drug-likeness (QED) is 0.101. The van der Waals surface area contributed by atoms with Crippen LogP contribution in [0.1, 0.15) is 90.0 Å². The highest BCUT2D eigenvalue weighted by molar-refractivity contribution is 5.93. The topological polar surface area (TPSA) is 202 Å². The van der Waals surface area contributed by atoms with Gasteiger partial charge in [-0.1, -0.05) is 76.2 Å². The molecule has 2 spiro atoms. The van der Waals surface area contributed by atoms with Crippen LogP contribution in [0.4, 0.5) is 9.59 Å². The molecule has 4 fully saturated rings. The van der Waals surface area contributed by atoms with Gasteiger partial charge in [-0.3, -0.25) is 14.9 Å². The monoisotopic (exact) mass is 878 g/mol. The van der Waals surface area contributed by atoms with Crippen LogP contribution in [-0.4, -0.2) is 114 Å². The maximum Gasteiger partial charge on any atom is 0.407 e. The van der Waals surface area contributed by atoms with E-state index in [0.717, 1.165) is 83.8 Å². The van der Waals surface area contributed by atoms with Crippen LogP contribution in [0.15, 0.2) is 60.9 Å². The molecule has 0 bridgehead atoms. The highest BCUT2D eigenvalue weighted by Crippen LogP contribution is 2.50. The van der Waals surface area contributed by atoms with E-state index in [1.54, 1.807) is 0 Å². The molecule has 16 nitrogen and oxygen atoms in total. The highest BCUT2D eigenvalue weighted by atomic mass is 16.5. The van der Waals surface area contributed by atoms with E-state index in [9.17, 15) is 19.2 Å². The van der Waals surface area contributed by atoms with Crippen molar-refractivity contribution in [3.05, 3.63) is 72.6 Å². The molecule has 2 aromatic carbocycles. The van der Waals surface area contributed by atoms with Crippen molar-refractivity contribution in [2.45, 2.75) is 96.4 Å². The first-order valence-electron chi connectivity index (χ1n) is 22.6. The zero-order valence-electron chi connectivity index (χ0n) is 37.7. The lowest BCUT2D eigenvalue weighted by atomic mass is 9.70. The molecule has 8 rings (SSSR count). The first-order chi connectivity index (χ1) is 30.8. The Hall–Kier alpha value is -5.58. The molecule has 4 aliphatic rings. The van der Waals surface area contributed by atoms with Gasteiger partial charge in [0.05, 0.1) is 62.2 Å². The summed E-state index contributed by atoms with van der Waals surface area (Å²) >= 11 is 0. The van der Waals surface area contributed by atoms with Crippen molar-refractivity contribution in [1.29, 1.82) is 0 Å². The van der Waals surface area contributed by atoms with Crippen LogP contribution < -0.4 is 16.0 Å². The van der Waals surface area contributed by atoms with E-state index in [1.165, 1.54) is 14.2 Å². The van der Waals surface area contributed by atoms with Gasteiger partial charge in [-0.2, -0.15) is 0 Å². The molecule has 4 aliphatic heterocycles. The molecular formula is C48H62N8O8. The molecular weight excluding hydrogens is 817 g/mol.